The predicted octanol–water partition coefficient (Wildman–Crippen LogP) is 10.5. The molecule has 3 fully saturated rings. The first-order chi connectivity index (χ1) is 31.1. The van der Waals surface area contributed by atoms with Crippen LogP contribution in [0.15, 0.2) is 60.9 Å². The van der Waals surface area contributed by atoms with Crippen molar-refractivity contribution in [2.24, 2.45) is 11.8 Å². The average Bonchev–Trinajstić information content (AvgIpc) is 4.02. The number of aromatic amines is 2. The summed E-state index contributed by atoms with van der Waals surface area (Å²) in [6.45, 7) is 14.3. The Bertz CT molecular complexity index is 2830. The number of imidazole rings is 2. The molecule has 2 aromatic carbocycles. The average molecular weight is 903 g/mol. The van der Waals surface area contributed by atoms with Crippen molar-refractivity contribution in [3.63, 3.8) is 0 Å². The molecule has 14 nitrogen and oxygen atoms in total. The first kappa shape index (κ1) is 42.8. The normalized spacial score (nSPS) is 21.6. The molecule has 6 aromatic rings. The molecule has 3 N–H and O–H groups in total. The lowest BCUT2D eigenvalue weighted by Gasteiger charge is -2.30. The molecule has 3 aliphatic heterocycles. The van der Waals surface area contributed by atoms with Gasteiger partial charge in [0, 0.05) is 34.0 Å². The number of hydrogen-bond donors (Lipinski definition) is 3. The van der Waals surface area contributed by atoms with E-state index in [1.165, 1.54) is 18.1 Å². The van der Waals surface area contributed by atoms with Crippen LogP contribution >= 0.6 is 11.3 Å². The van der Waals surface area contributed by atoms with Gasteiger partial charge in [0.05, 0.1) is 64.6 Å². The summed E-state index contributed by atoms with van der Waals surface area (Å²) < 4.78 is 36.4. The van der Waals surface area contributed by atoms with E-state index in [1.54, 1.807) is 22.4 Å². The number of amides is 3. The van der Waals surface area contributed by atoms with Crippen LogP contribution in [0.3, 0.4) is 0 Å². The summed E-state index contributed by atoms with van der Waals surface area (Å²) in [4.78, 5) is 61.5. The number of halogens is 1. The monoisotopic (exact) mass is 902 g/mol. The van der Waals surface area contributed by atoms with E-state index in [2.05, 4.69) is 58.0 Å². The number of piperidine rings is 1. The van der Waals surface area contributed by atoms with Crippen LogP contribution in [-0.2, 0) is 14.3 Å². The van der Waals surface area contributed by atoms with Crippen molar-refractivity contribution in [2.45, 2.75) is 116 Å². The van der Waals surface area contributed by atoms with E-state index in [9.17, 15) is 14.4 Å². The SMILES string of the molecule is COC(=O)N[C@H](C(=O)N1CCC[C@H]1c1ncc(-c2cc(F)c3c(c2)OC(c2ccc(C(C)C)s2)n2c-3cc3cc(-c4cnc(C5C[C@@H]6C[C@@H]6N5C(=O)OC(C)(C)C)[nH]4)ccc32)[nH]1)C(C)C. The zero-order valence-corrected chi connectivity index (χ0v) is 38.7. The summed E-state index contributed by atoms with van der Waals surface area (Å²) in [5.41, 5.74) is 4.23. The quantitative estimate of drug-likeness (QED) is 0.129. The number of hydrogen-bond acceptors (Lipinski definition) is 9. The molecule has 1 aliphatic carbocycles. The van der Waals surface area contributed by atoms with Gasteiger partial charge in [0.2, 0.25) is 12.1 Å². The number of likely N-dealkylation sites (tertiary alicyclic amines) is 2. The summed E-state index contributed by atoms with van der Waals surface area (Å²) in [7, 11) is 1.27. The number of methoxy groups -OCH3 is 1. The molecule has 65 heavy (non-hydrogen) atoms. The van der Waals surface area contributed by atoms with Crippen molar-refractivity contribution in [3.8, 4) is 39.5 Å². The Balaban J connectivity index is 0.977. The molecule has 0 bridgehead atoms. The summed E-state index contributed by atoms with van der Waals surface area (Å²) in [6, 6.07) is 14.7. The standard InChI is InChI=1S/C49H55FN8O6S/c1-24(2)39-13-14-40(65-39)46-57-33-12-11-26(31-22-52-44(53-31)37-20-29-18-35(29)58(37)48(61)64-49(5,6)7)16-28(33)19-36(57)41-30(50)17-27(21-38(41)63-46)32-23-51-43(54-32)34-10-9-15-56(34)45(59)42(25(3)4)55-47(60)62-8/h11-14,16-17,19,21-25,29,34-35,37,42,46H,9-10,15,18,20H2,1-8H3,(H,51,54)(H,52,53)(H,55,60)/t29-,34-,35-,37?,42-,46?/m0/s1. The molecule has 10 rings (SSSR count). The van der Waals surface area contributed by atoms with Gasteiger partial charge >= 0.3 is 12.2 Å². The Hall–Kier alpha value is -6.16. The minimum absolute atomic E-state index is 0.166. The number of nitrogens with zero attached hydrogens (tertiary/aromatic N) is 5. The summed E-state index contributed by atoms with van der Waals surface area (Å²) in [5, 5.41) is 3.60. The van der Waals surface area contributed by atoms with Crippen molar-refractivity contribution in [3.05, 3.63) is 88.1 Å². The van der Waals surface area contributed by atoms with Gasteiger partial charge in [0.25, 0.3) is 0 Å². The van der Waals surface area contributed by atoms with Gasteiger partial charge in [-0.05, 0) is 107 Å². The molecule has 4 aromatic heterocycles. The zero-order chi connectivity index (χ0) is 45.6. The van der Waals surface area contributed by atoms with E-state index >= 15 is 4.39 Å². The number of carbonyl (C=O) groups excluding carboxylic acids is 3. The second kappa shape index (κ2) is 16.1. The molecule has 3 amide bonds. The first-order valence-corrected chi connectivity index (χ1v) is 23.4. The van der Waals surface area contributed by atoms with Crippen molar-refractivity contribution in [2.75, 3.05) is 13.7 Å². The number of fused-ring (bicyclic) bond motifs is 6. The molecule has 2 saturated heterocycles. The van der Waals surface area contributed by atoms with Crippen LogP contribution < -0.4 is 10.1 Å². The number of nitrogens with one attached hydrogen (secondary N) is 3. The Morgan fingerprint density at radius 3 is 2.37 bits per heavy atom. The number of thiophene rings is 1. The third-order valence-electron chi connectivity index (χ3n) is 13.2. The molecule has 7 heterocycles. The van der Waals surface area contributed by atoms with Gasteiger partial charge in [0.15, 0.2) is 0 Å². The van der Waals surface area contributed by atoms with E-state index in [0.717, 1.165) is 52.1 Å². The molecule has 340 valence electrons. The summed E-state index contributed by atoms with van der Waals surface area (Å²) >= 11 is 1.69. The van der Waals surface area contributed by atoms with Crippen molar-refractivity contribution < 1.29 is 33.0 Å². The highest BCUT2D eigenvalue weighted by molar-refractivity contribution is 7.12. The van der Waals surface area contributed by atoms with Gasteiger partial charge in [0.1, 0.15) is 34.9 Å². The van der Waals surface area contributed by atoms with E-state index in [0.29, 0.717) is 58.9 Å². The molecule has 1 saturated carbocycles. The lowest BCUT2D eigenvalue weighted by atomic mass is 10.0. The van der Waals surface area contributed by atoms with Gasteiger partial charge in [-0.3, -0.25) is 14.3 Å². The second-order valence-electron chi connectivity index (χ2n) is 19.5. The van der Waals surface area contributed by atoms with Crippen molar-refractivity contribution in [1.82, 2.24) is 39.6 Å². The Labute approximate surface area is 380 Å². The van der Waals surface area contributed by atoms with Crippen molar-refractivity contribution in [1.29, 1.82) is 0 Å². The van der Waals surface area contributed by atoms with Crippen LogP contribution in [0, 0.1) is 17.7 Å². The van der Waals surface area contributed by atoms with Crippen LogP contribution in [-0.4, -0.2) is 83.7 Å². The number of carbonyl (C=O) groups is 3. The molecular formula is C49H55FN8O6S. The number of alkyl carbamates (subject to hydrolysis) is 1. The molecule has 6 atom stereocenters. The number of rotatable bonds is 9. The van der Waals surface area contributed by atoms with Crippen LogP contribution in [0.5, 0.6) is 5.75 Å². The number of ether oxygens (including phenoxy) is 3. The highest BCUT2D eigenvalue weighted by atomic mass is 32.1. The van der Waals surface area contributed by atoms with Gasteiger partial charge in [-0.15, -0.1) is 11.3 Å². The number of H-pyrrole nitrogens is 2. The molecule has 0 spiro atoms. The fourth-order valence-electron chi connectivity index (χ4n) is 9.87. The highest BCUT2D eigenvalue weighted by Crippen LogP contribution is 2.54. The van der Waals surface area contributed by atoms with Crippen LogP contribution in [0.25, 0.3) is 44.7 Å². The van der Waals surface area contributed by atoms with E-state index in [4.69, 9.17) is 24.2 Å². The van der Waals surface area contributed by atoms with Gasteiger partial charge in [-0.2, -0.15) is 0 Å². The van der Waals surface area contributed by atoms with Gasteiger partial charge in [-0.1, -0.05) is 33.8 Å². The van der Waals surface area contributed by atoms with Gasteiger partial charge in [-0.25, -0.2) is 23.9 Å². The minimum atomic E-state index is -0.761. The van der Waals surface area contributed by atoms with Crippen LogP contribution in [0.2, 0.25) is 0 Å². The van der Waals surface area contributed by atoms with Gasteiger partial charge < -0.3 is 34.4 Å². The molecule has 0 radical (unpaired) electrons. The zero-order valence-electron chi connectivity index (χ0n) is 37.9. The Morgan fingerprint density at radius 1 is 0.938 bits per heavy atom. The lowest BCUT2D eigenvalue weighted by Crippen LogP contribution is -2.51. The summed E-state index contributed by atoms with van der Waals surface area (Å²) in [6.07, 6.45) is 5.24. The molecular weight excluding hydrogens is 848 g/mol. The minimum Gasteiger partial charge on any atom is -0.464 e. The molecule has 16 heteroatoms. The third kappa shape index (κ3) is 7.72. The molecule has 4 aliphatic rings. The fourth-order valence-corrected chi connectivity index (χ4v) is 10.9. The van der Waals surface area contributed by atoms with Crippen LogP contribution in [0.1, 0.15) is 120 Å². The van der Waals surface area contributed by atoms with E-state index in [-0.39, 0.29) is 36.0 Å². The maximum atomic E-state index is 16.9. The van der Waals surface area contributed by atoms with Crippen LogP contribution in [0.4, 0.5) is 14.0 Å². The van der Waals surface area contributed by atoms with E-state index in [1.807, 2.05) is 63.9 Å². The highest BCUT2D eigenvalue weighted by Gasteiger charge is 2.56. The largest absolute Gasteiger partial charge is 0.464 e. The third-order valence-corrected chi connectivity index (χ3v) is 14.6. The maximum absolute atomic E-state index is 16.9. The molecule has 2 unspecified atom stereocenters. The predicted molar refractivity (Wildman–Crippen MR) is 245 cm³/mol. The topological polar surface area (TPSA) is 160 Å². The first-order valence-electron chi connectivity index (χ1n) is 22.6. The Kier molecular flexibility index (Phi) is 10.6. The number of aromatic nitrogens is 5. The fraction of sp³-hybridized carbons (Fsp3) is 0.449. The van der Waals surface area contributed by atoms with E-state index < -0.39 is 29.8 Å². The number of benzene rings is 2. The Morgan fingerprint density at radius 2 is 1.68 bits per heavy atom. The second-order valence-corrected chi connectivity index (χ2v) is 20.6. The maximum Gasteiger partial charge on any atom is 0.411 e. The smallest absolute Gasteiger partial charge is 0.411 e. The van der Waals surface area contributed by atoms with Crippen molar-refractivity contribution >= 4 is 40.3 Å². The lowest BCUT2D eigenvalue weighted by molar-refractivity contribution is -0.135. The summed E-state index contributed by atoms with van der Waals surface area (Å²) in [5.74, 6) is 1.69.